The molecule has 3 rings (SSSR count). The Hall–Kier alpha value is -2.20. The van der Waals surface area contributed by atoms with Gasteiger partial charge in [0.25, 0.3) is 0 Å². The Bertz CT molecular complexity index is 682. The van der Waals surface area contributed by atoms with E-state index >= 15 is 0 Å². The number of rotatable bonds is 4. The second-order valence-electron chi connectivity index (χ2n) is 4.49. The normalized spacial score (nSPS) is 11.0. The van der Waals surface area contributed by atoms with Gasteiger partial charge in [-0.1, -0.05) is 18.2 Å². The molecule has 0 fully saturated rings. The topological polar surface area (TPSA) is 42.7 Å². The Morgan fingerprint density at radius 3 is 2.89 bits per heavy atom. The molecule has 2 heterocycles. The van der Waals surface area contributed by atoms with Gasteiger partial charge < -0.3 is 9.88 Å². The van der Waals surface area contributed by atoms with Crippen LogP contribution in [0.25, 0.3) is 10.9 Å². The number of aromatic nitrogens is 3. The minimum Gasteiger partial charge on any atom is -0.329 e. The van der Waals surface area contributed by atoms with Crippen molar-refractivity contribution in [3.8, 4) is 0 Å². The van der Waals surface area contributed by atoms with Crippen LogP contribution in [0.3, 0.4) is 0 Å². The molecule has 0 aliphatic rings. The van der Waals surface area contributed by atoms with Gasteiger partial charge in [0.2, 0.25) is 0 Å². The summed E-state index contributed by atoms with van der Waals surface area (Å²) in [6, 6.07) is 10.3. The second-order valence-corrected chi connectivity index (χ2v) is 4.49. The molecule has 1 aromatic carbocycles. The fourth-order valence-corrected chi connectivity index (χ4v) is 2.29. The summed E-state index contributed by atoms with van der Waals surface area (Å²) in [4.78, 5) is 8.76. The van der Waals surface area contributed by atoms with E-state index in [1.54, 1.807) is 0 Å². The van der Waals surface area contributed by atoms with Crippen LogP contribution in [0.1, 0.15) is 11.4 Å². The molecule has 0 aliphatic heterocycles. The van der Waals surface area contributed by atoms with Crippen molar-refractivity contribution in [1.29, 1.82) is 0 Å². The molecule has 0 saturated carbocycles. The quantitative estimate of drug-likeness (QED) is 0.774. The Morgan fingerprint density at radius 2 is 2.00 bits per heavy atom. The van der Waals surface area contributed by atoms with Crippen LogP contribution in [-0.2, 0) is 13.1 Å². The molecule has 0 saturated heterocycles. The number of nitrogens with one attached hydrogen (secondary N) is 1. The number of hydrogen-bond donors (Lipinski definition) is 1. The largest absolute Gasteiger partial charge is 0.329 e. The number of fused-ring (bicyclic) bond motifs is 1. The van der Waals surface area contributed by atoms with Crippen LogP contribution in [0, 0.1) is 0 Å². The first-order chi connectivity index (χ1) is 9.38. The van der Waals surface area contributed by atoms with Crippen molar-refractivity contribution in [2.45, 2.75) is 13.1 Å². The maximum atomic E-state index is 4.39. The Labute approximate surface area is 112 Å². The van der Waals surface area contributed by atoms with E-state index in [0.29, 0.717) is 0 Å². The van der Waals surface area contributed by atoms with Crippen LogP contribution in [0.4, 0.5) is 0 Å². The SMILES string of the molecule is CNCc1nccn1Cc1ccnc2ccccc12. The molecule has 2 aromatic heterocycles. The lowest BCUT2D eigenvalue weighted by Gasteiger charge is -2.10. The third-order valence-corrected chi connectivity index (χ3v) is 3.22. The maximum absolute atomic E-state index is 4.39. The molecule has 0 unspecified atom stereocenters. The molecule has 3 aromatic rings. The van der Waals surface area contributed by atoms with Crippen molar-refractivity contribution >= 4 is 10.9 Å². The fourth-order valence-electron chi connectivity index (χ4n) is 2.29. The minimum atomic E-state index is 0.774. The van der Waals surface area contributed by atoms with E-state index in [-0.39, 0.29) is 0 Å². The average molecular weight is 252 g/mol. The van der Waals surface area contributed by atoms with Gasteiger partial charge in [-0.2, -0.15) is 0 Å². The first-order valence-corrected chi connectivity index (χ1v) is 6.35. The lowest BCUT2D eigenvalue weighted by molar-refractivity contribution is 0.675. The molecule has 1 N–H and O–H groups in total. The number of benzene rings is 1. The van der Waals surface area contributed by atoms with Crippen LogP contribution in [-0.4, -0.2) is 21.6 Å². The van der Waals surface area contributed by atoms with E-state index < -0.39 is 0 Å². The van der Waals surface area contributed by atoms with Gasteiger partial charge in [-0.25, -0.2) is 4.98 Å². The zero-order valence-corrected chi connectivity index (χ0v) is 10.9. The third-order valence-electron chi connectivity index (χ3n) is 3.22. The van der Waals surface area contributed by atoms with E-state index in [0.717, 1.165) is 24.4 Å². The standard InChI is InChI=1S/C15H16N4/c1-16-10-15-18-8-9-19(15)11-12-6-7-17-14-5-3-2-4-13(12)14/h2-9,16H,10-11H2,1H3. The van der Waals surface area contributed by atoms with Gasteiger partial charge in [0.05, 0.1) is 12.1 Å². The maximum Gasteiger partial charge on any atom is 0.122 e. The van der Waals surface area contributed by atoms with E-state index in [1.165, 1.54) is 10.9 Å². The summed E-state index contributed by atoms with van der Waals surface area (Å²) >= 11 is 0. The van der Waals surface area contributed by atoms with E-state index in [1.807, 2.05) is 37.8 Å². The molecule has 19 heavy (non-hydrogen) atoms. The molecular formula is C15H16N4. The van der Waals surface area contributed by atoms with Crippen molar-refractivity contribution in [3.63, 3.8) is 0 Å². The Kier molecular flexibility index (Phi) is 3.25. The number of hydrogen-bond acceptors (Lipinski definition) is 3. The summed E-state index contributed by atoms with van der Waals surface area (Å²) in [6.07, 6.45) is 5.73. The molecule has 0 amide bonds. The van der Waals surface area contributed by atoms with E-state index in [4.69, 9.17) is 0 Å². The van der Waals surface area contributed by atoms with Crippen molar-refractivity contribution in [3.05, 3.63) is 60.3 Å². The molecule has 0 radical (unpaired) electrons. The highest BCUT2D eigenvalue weighted by Crippen LogP contribution is 2.17. The molecule has 96 valence electrons. The first kappa shape index (κ1) is 11.9. The lowest BCUT2D eigenvalue weighted by Crippen LogP contribution is -2.12. The predicted molar refractivity (Wildman–Crippen MR) is 75.8 cm³/mol. The highest BCUT2D eigenvalue weighted by molar-refractivity contribution is 5.81. The van der Waals surface area contributed by atoms with Gasteiger partial charge in [0.1, 0.15) is 5.82 Å². The smallest absolute Gasteiger partial charge is 0.122 e. The van der Waals surface area contributed by atoms with Crippen molar-refractivity contribution in [2.24, 2.45) is 0 Å². The molecule has 4 heteroatoms. The van der Waals surface area contributed by atoms with Crippen LogP contribution in [0.2, 0.25) is 0 Å². The van der Waals surface area contributed by atoms with Gasteiger partial charge in [-0.05, 0) is 24.7 Å². The van der Waals surface area contributed by atoms with Crippen LogP contribution in [0.5, 0.6) is 0 Å². The predicted octanol–water partition coefficient (Wildman–Crippen LogP) is 2.20. The van der Waals surface area contributed by atoms with Gasteiger partial charge in [-0.15, -0.1) is 0 Å². The van der Waals surface area contributed by atoms with Crippen LogP contribution >= 0.6 is 0 Å². The zero-order chi connectivity index (χ0) is 13.1. The Balaban J connectivity index is 1.99. The van der Waals surface area contributed by atoms with Crippen molar-refractivity contribution in [1.82, 2.24) is 19.9 Å². The minimum absolute atomic E-state index is 0.774. The average Bonchev–Trinajstić information content (AvgIpc) is 2.87. The van der Waals surface area contributed by atoms with Gasteiger partial charge in [-0.3, -0.25) is 4.98 Å². The number of para-hydroxylation sites is 1. The first-order valence-electron chi connectivity index (χ1n) is 6.35. The number of pyridine rings is 1. The van der Waals surface area contributed by atoms with Crippen LogP contribution < -0.4 is 5.32 Å². The molecular weight excluding hydrogens is 236 g/mol. The van der Waals surface area contributed by atoms with E-state index in [9.17, 15) is 0 Å². The summed E-state index contributed by atoms with van der Waals surface area (Å²) in [6.45, 7) is 1.59. The van der Waals surface area contributed by atoms with Gasteiger partial charge >= 0.3 is 0 Å². The molecule has 0 aliphatic carbocycles. The second kappa shape index (κ2) is 5.20. The van der Waals surface area contributed by atoms with E-state index in [2.05, 4.69) is 38.1 Å². The number of imidazole rings is 1. The fraction of sp³-hybridized carbons (Fsp3) is 0.200. The monoisotopic (exact) mass is 252 g/mol. The number of nitrogens with zero attached hydrogens (tertiary/aromatic N) is 3. The highest BCUT2D eigenvalue weighted by Gasteiger charge is 2.05. The summed E-state index contributed by atoms with van der Waals surface area (Å²) in [5.74, 6) is 1.04. The third kappa shape index (κ3) is 2.35. The summed E-state index contributed by atoms with van der Waals surface area (Å²) < 4.78 is 2.16. The van der Waals surface area contributed by atoms with Gasteiger partial charge in [0, 0.05) is 30.5 Å². The highest BCUT2D eigenvalue weighted by atomic mass is 15.1. The van der Waals surface area contributed by atoms with Crippen molar-refractivity contribution in [2.75, 3.05) is 7.05 Å². The zero-order valence-electron chi connectivity index (χ0n) is 10.9. The molecule has 0 bridgehead atoms. The molecule has 4 nitrogen and oxygen atoms in total. The molecule has 0 atom stereocenters. The van der Waals surface area contributed by atoms with Gasteiger partial charge in [0.15, 0.2) is 0 Å². The van der Waals surface area contributed by atoms with Crippen molar-refractivity contribution < 1.29 is 0 Å². The van der Waals surface area contributed by atoms with Crippen LogP contribution in [0.15, 0.2) is 48.9 Å². The summed E-state index contributed by atoms with van der Waals surface area (Å²) in [5, 5.41) is 4.34. The summed E-state index contributed by atoms with van der Waals surface area (Å²) in [7, 11) is 1.93. The Morgan fingerprint density at radius 1 is 1.11 bits per heavy atom. The summed E-state index contributed by atoms with van der Waals surface area (Å²) in [5.41, 5.74) is 2.30. The lowest BCUT2D eigenvalue weighted by atomic mass is 10.1. The molecule has 0 spiro atoms.